The summed E-state index contributed by atoms with van der Waals surface area (Å²) in [6.45, 7) is 12.7. The number of aromatic nitrogens is 1. The van der Waals surface area contributed by atoms with Gasteiger partial charge in [-0.2, -0.15) is 0 Å². The SMILES string of the molecule is CCN(CC)CCCn1c(C)cc(C(=O)CCl)c1C. The lowest BCUT2D eigenvalue weighted by molar-refractivity contribution is 0.102. The van der Waals surface area contributed by atoms with Gasteiger partial charge in [0.1, 0.15) is 0 Å². The number of ketones is 1. The zero-order chi connectivity index (χ0) is 14.4. The molecule has 0 saturated carbocycles. The van der Waals surface area contributed by atoms with Gasteiger partial charge in [0.25, 0.3) is 0 Å². The fourth-order valence-corrected chi connectivity index (χ4v) is 2.64. The van der Waals surface area contributed by atoms with Crippen molar-refractivity contribution < 1.29 is 4.79 Å². The number of Topliss-reactive ketones (excluding diaryl/α,β-unsaturated/α-hetero) is 1. The Morgan fingerprint density at radius 1 is 1.32 bits per heavy atom. The van der Waals surface area contributed by atoms with Crippen LogP contribution in [0.15, 0.2) is 6.07 Å². The van der Waals surface area contributed by atoms with E-state index in [0.717, 1.165) is 49.6 Å². The molecule has 0 aliphatic rings. The largest absolute Gasteiger partial charge is 0.348 e. The van der Waals surface area contributed by atoms with E-state index in [2.05, 4.69) is 30.2 Å². The molecule has 0 N–H and O–H groups in total. The summed E-state index contributed by atoms with van der Waals surface area (Å²) < 4.78 is 2.23. The molecule has 0 aliphatic carbocycles. The first kappa shape index (κ1) is 16.3. The monoisotopic (exact) mass is 284 g/mol. The van der Waals surface area contributed by atoms with Crippen LogP contribution in [0.1, 0.15) is 42.0 Å². The van der Waals surface area contributed by atoms with Crippen LogP contribution in [-0.2, 0) is 6.54 Å². The maximum absolute atomic E-state index is 11.7. The molecular weight excluding hydrogens is 260 g/mol. The van der Waals surface area contributed by atoms with Gasteiger partial charge in [-0.1, -0.05) is 13.8 Å². The van der Waals surface area contributed by atoms with Gasteiger partial charge in [-0.3, -0.25) is 4.79 Å². The Hall–Kier alpha value is -0.800. The van der Waals surface area contributed by atoms with Crippen LogP contribution in [0.2, 0.25) is 0 Å². The van der Waals surface area contributed by atoms with Crippen LogP contribution in [0, 0.1) is 13.8 Å². The molecule has 1 aromatic heterocycles. The molecule has 1 rings (SSSR count). The number of nitrogens with zero attached hydrogens (tertiary/aromatic N) is 2. The minimum atomic E-state index is 0.0183. The zero-order valence-corrected chi connectivity index (χ0v) is 13.3. The molecule has 19 heavy (non-hydrogen) atoms. The van der Waals surface area contributed by atoms with E-state index in [1.807, 2.05) is 13.0 Å². The van der Waals surface area contributed by atoms with Gasteiger partial charge in [-0.05, 0) is 46.0 Å². The molecule has 0 saturated heterocycles. The smallest absolute Gasteiger partial charge is 0.179 e. The van der Waals surface area contributed by atoms with Gasteiger partial charge in [-0.25, -0.2) is 0 Å². The number of hydrogen-bond acceptors (Lipinski definition) is 2. The first-order valence-electron chi connectivity index (χ1n) is 7.03. The number of carbonyl (C=O) groups excluding carboxylic acids is 1. The van der Waals surface area contributed by atoms with E-state index < -0.39 is 0 Å². The van der Waals surface area contributed by atoms with Crippen molar-refractivity contribution in [1.29, 1.82) is 0 Å². The Morgan fingerprint density at radius 2 is 1.95 bits per heavy atom. The summed E-state index contributed by atoms with van der Waals surface area (Å²) in [6, 6.07) is 1.96. The van der Waals surface area contributed by atoms with Crippen molar-refractivity contribution in [1.82, 2.24) is 9.47 Å². The molecule has 0 unspecified atom stereocenters. The van der Waals surface area contributed by atoms with Crippen LogP contribution in [0.25, 0.3) is 0 Å². The molecule has 0 amide bonds. The molecule has 0 aromatic carbocycles. The van der Waals surface area contributed by atoms with Gasteiger partial charge in [0.2, 0.25) is 0 Å². The number of halogens is 1. The van der Waals surface area contributed by atoms with Crippen molar-refractivity contribution in [3.05, 3.63) is 23.0 Å². The molecule has 0 spiro atoms. The topological polar surface area (TPSA) is 25.2 Å². The molecule has 0 bridgehead atoms. The van der Waals surface area contributed by atoms with E-state index in [4.69, 9.17) is 11.6 Å². The first-order valence-corrected chi connectivity index (χ1v) is 7.56. The van der Waals surface area contributed by atoms with Crippen LogP contribution < -0.4 is 0 Å². The minimum absolute atomic E-state index is 0.0183. The van der Waals surface area contributed by atoms with Crippen molar-refractivity contribution in [2.24, 2.45) is 0 Å². The third-order valence-electron chi connectivity index (χ3n) is 3.75. The van der Waals surface area contributed by atoms with Crippen LogP contribution in [0.3, 0.4) is 0 Å². The number of rotatable bonds is 8. The van der Waals surface area contributed by atoms with E-state index in [0.29, 0.717) is 0 Å². The van der Waals surface area contributed by atoms with E-state index in [1.165, 1.54) is 0 Å². The standard InChI is InChI=1S/C15H25ClN2O/c1-5-17(6-2)8-7-9-18-12(3)10-14(13(18)4)15(19)11-16/h10H,5-9,11H2,1-4H3. The van der Waals surface area contributed by atoms with Gasteiger partial charge in [0.15, 0.2) is 5.78 Å². The van der Waals surface area contributed by atoms with E-state index in [9.17, 15) is 4.79 Å². The van der Waals surface area contributed by atoms with Crippen LogP contribution in [-0.4, -0.2) is 40.8 Å². The lowest BCUT2D eigenvalue weighted by Crippen LogP contribution is -2.25. The Balaban J connectivity index is 2.69. The summed E-state index contributed by atoms with van der Waals surface area (Å²) in [6.07, 6.45) is 1.10. The van der Waals surface area contributed by atoms with Crippen molar-refractivity contribution in [2.75, 3.05) is 25.5 Å². The Bertz CT molecular complexity index is 422. The molecule has 0 aliphatic heterocycles. The zero-order valence-electron chi connectivity index (χ0n) is 12.5. The number of hydrogen-bond donors (Lipinski definition) is 0. The summed E-state index contributed by atoms with van der Waals surface area (Å²) in [5.41, 5.74) is 2.96. The number of alkyl halides is 1. The summed E-state index contributed by atoms with van der Waals surface area (Å²) >= 11 is 5.64. The Labute approximate surface area is 121 Å². The van der Waals surface area contributed by atoms with E-state index >= 15 is 0 Å². The van der Waals surface area contributed by atoms with Gasteiger partial charge in [-0.15, -0.1) is 11.6 Å². The summed E-state index contributed by atoms with van der Waals surface area (Å²) in [5.74, 6) is 0.0776. The highest BCUT2D eigenvalue weighted by atomic mass is 35.5. The molecule has 108 valence electrons. The van der Waals surface area contributed by atoms with E-state index in [-0.39, 0.29) is 11.7 Å². The predicted molar refractivity (Wildman–Crippen MR) is 81.4 cm³/mol. The third-order valence-corrected chi connectivity index (χ3v) is 3.99. The van der Waals surface area contributed by atoms with Crippen LogP contribution in [0.5, 0.6) is 0 Å². The second kappa shape index (κ2) is 7.71. The molecule has 1 aromatic rings. The maximum atomic E-state index is 11.7. The van der Waals surface area contributed by atoms with Gasteiger partial charge in [0.05, 0.1) is 5.88 Å². The highest BCUT2D eigenvalue weighted by molar-refractivity contribution is 6.30. The van der Waals surface area contributed by atoms with Gasteiger partial charge in [0, 0.05) is 23.5 Å². The van der Waals surface area contributed by atoms with Gasteiger partial charge < -0.3 is 9.47 Å². The summed E-state index contributed by atoms with van der Waals surface area (Å²) in [7, 11) is 0. The second-order valence-electron chi connectivity index (χ2n) is 4.87. The molecule has 0 radical (unpaired) electrons. The van der Waals surface area contributed by atoms with E-state index in [1.54, 1.807) is 0 Å². The molecule has 0 fully saturated rings. The third kappa shape index (κ3) is 4.08. The molecule has 1 heterocycles. The van der Waals surface area contributed by atoms with Crippen molar-refractivity contribution in [3.8, 4) is 0 Å². The molecule has 0 atom stereocenters. The van der Waals surface area contributed by atoms with Crippen molar-refractivity contribution in [2.45, 2.75) is 40.7 Å². The fourth-order valence-electron chi connectivity index (χ4n) is 2.49. The number of carbonyl (C=O) groups is 1. The molecular formula is C15H25ClN2O. The van der Waals surface area contributed by atoms with Gasteiger partial charge >= 0.3 is 0 Å². The average molecular weight is 285 g/mol. The summed E-state index contributed by atoms with van der Waals surface area (Å²) in [4.78, 5) is 14.1. The summed E-state index contributed by atoms with van der Waals surface area (Å²) in [5, 5.41) is 0. The average Bonchev–Trinajstić information content (AvgIpc) is 2.70. The lowest BCUT2D eigenvalue weighted by atomic mass is 10.2. The second-order valence-corrected chi connectivity index (χ2v) is 5.14. The normalized spacial score (nSPS) is 11.3. The van der Waals surface area contributed by atoms with Crippen LogP contribution in [0.4, 0.5) is 0 Å². The fraction of sp³-hybridized carbons (Fsp3) is 0.667. The lowest BCUT2D eigenvalue weighted by Gasteiger charge is -2.18. The van der Waals surface area contributed by atoms with Crippen molar-refractivity contribution in [3.63, 3.8) is 0 Å². The Kier molecular flexibility index (Phi) is 6.59. The van der Waals surface area contributed by atoms with Crippen LogP contribution >= 0.6 is 11.6 Å². The molecule has 3 nitrogen and oxygen atoms in total. The quantitative estimate of drug-likeness (QED) is 0.541. The molecule has 4 heteroatoms. The maximum Gasteiger partial charge on any atom is 0.179 e. The van der Waals surface area contributed by atoms with Crippen molar-refractivity contribution >= 4 is 17.4 Å². The first-order chi connectivity index (χ1) is 9.04. The Morgan fingerprint density at radius 3 is 2.47 bits per heavy atom. The number of aryl methyl sites for hydroxylation is 1. The highest BCUT2D eigenvalue weighted by Crippen LogP contribution is 2.16. The minimum Gasteiger partial charge on any atom is -0.348 e. The highest BCUT2D eigenvalue weighted by Gasteiger charge is 2.14. The predicted octanol–water partition coefficient (Wildman–Crippen LogP) is 3.26.